The van der Waals surface area contributed by atoms with Crippen LogP contribution in [-0.4, -0.2) is 13.1 Å². The molecule has 0 unspecified atom stereocenters. The van der Waals surface area contributed by atoms with Gasteiger partial charge in [0.1, 0.15) is 0 Å². The molecule has 0 saturated heterocycles. The van der Waals surface area contributed by atoms with E-state index in [2.05, 4.69) is 36.1 Å². The van der Waals surface area contributed by atoms with Crippen molar-refractivity contribution in [2.75, 3.05) is 23.7 Å². The topological polar surface area (TPSA) is 29.3 Å². The molecule has 1 heterocycles. The highest BCUT2D eigenvalue weighted by Gasteiger charge is 2.09. The number of aryl methyl sites for hydroxylation is 1. The molecule has 0 radical (unpaired) electrons. The van der Waals surface area contributed by atoms with E-state index in [0.29, 0.717) is 0 Å². The van der Waals surface area contributed by atoms with Crippen LogP contribution in [0, 0.1) is 6.92 Å². The predicted molar refractivity (Wildman–Crippen MR) is 61.6 cm³/mol. The van der Waals surface area contributed by atoms with Gasteiger partial charge in [0.05, 0.1) is 11.4 Å². The molecule has 0 amide bonds. The summed E-state index contributed by atoms with van der Waals surface area (Å²) in [6.45, 7) is 4.12. The number of hydrogen-bond donors (Lipinski definition) is 1. The molecule has 1 aromatic rings. The lowest BCUT2D eigenvalue weighted by molar-refractivity contribution is 0.822. The van der Waals surface area contributed by atoms with Crippen molar-refractivity contribution in [2.45, 2.75) is 13.3 Å². The molecular formula is C12H16N2. The van der Waals surface area contributed by atoms with Crippen LogP contribution >= 0.6 is 0 Å². The lowest BCUT2D eigenvalue weighted by Crippen LogP contribution is -2.27. The van der Waals surface area contributed by atoms with Gasteiger partial charge in [0.2, 0.25) is 0 Å². The second kappa shape index (κ2) is 3.74. The third-order valence-corrected chi connectivity index (χ3v) is 2.58. The second-order valence-corrected chi connectivity index (χ2v) is 3.77. The Labute approximate surface area is 85.0 Å². The standard InChI is InChI=1S/C12H16N2/c1-10-5-6-12(11(13)9-10)14-7-3-2-4-8-14/h2-3,5-6,9H,4,7-8,13H2,1H3. The first-order valence-corrected chi connectivity index (χ1v) is 5.03. The zero-order valence-corrected chi connectivity index (χ0v) is 8.53. The lowest BCUT2D eigenvalue weighted by Gasteiger charge is -2.27. The van der Waals surface area contributed by atoms with Gasteiger partial charge in [-0.25, -0.2) is 0 Å². The average molecular weight is 188 g/mol. The van der Waals surface area contributed by atoms with Gasteiger partial charge in [-0.05, 0) is 31.0 Å². The Bertz CT molecular complexity index is 355. The van der Waals surface area contributed by atoms with Crippen molar-refractivity contribution in [1.29, 1.82) is 0 Å². The Morgan fingerprint density at radius 2 is 2.14 bits per heavy atom. The largest absolute Gasteiger partial charge is 0.397 e. The van der Waals surface area contributed by atoms with Crippen LogP contribution in [-0.2, 0) is 0 Å². The molecule has 0 fully saturated rings. The number of nitrogens with zero attached hydrogens (tertiary/aromatic N) is 1. The number of anilines is 2. The number of nitrogens with two attached hydrogens (primary N) is 1. The maximum Gasteiger partial charge on any atom is 0.0603 e. The Morgan fingerprint density at radius 1 is 1.29 bits per heavy atom. The molecule has 0 saturated carbocycles. The molecule has 74 valence electrons. The maximum absolute atomic E-state index is 5.99. The van der Waals surface area contributed by atoms with Crippen molar-refractivity contribution in [1.82, 2.24) is 0 Å². The summed E-state index contributed by atoms with van der Waals surface area (Å²) in [6, 6.07) is 6.27. The van der Waals surface area contributed by atoms with Gasteiger partial charge in [-0.3, -0.25) is 0 Å². The molecule has 1 aliphatic heterocycles. The Hall–Kier alpha value is -1.44. The maximum atomic E-state index is 5.99. The number of rotatable bonds is 1. The van der Waals surface area contributed by atoms with E-state index < -0.39 is 0 Å². The Balaban J connectivity index is 2.27. The first kappa shape index (κ1) is 9.13. The summed E-state index contributed by atoms with van der Waals surface area (Å²) in [5.41, 5.74) is 9.26. The molecule has 0 aliphatic carbocycles. The second-order valence-electron chi connectivity index (χ2n) is 3.77. The third-order valence-electron chi connectivity index (χ3n) is 2.58. The van der Waals surface area contributed by atoms with Crippen molar-refractivity contribution >= 4 is 11.4 Å². The monoisotopic (exact) mass is 188 g/mol. The molecule has 0 bridgehead atoms. The van der Waals surface area contributed by atoms with Crippen molar-refractivity contribution in [3.8, 4) is 0 Å². The molecule has 0 aromatic heterocycles. The molecule has 1 aromatic carbocycles. The van der Waals surface area contributed by atoms with Crippen molar-refractivity contribution in [3.63, 3.8) is 0 Å². The first-order chi connectivity index (χ1) is 6.77. The number of hydrogen-bond acceptors (Lipinski definition) is 2. The van der Waals surface area contributed by atoms with Crippen molar-refractivity contribution in [2.24, 2.45) is 0 Å². The minimum Gasteiger partial charge on any atom is -0.397 e. The Morgan fingerprint density at radius 3 is 2.79 bits per heavy atom. The molecule has 2 heteroatoms. The zero-order valence-electron chi connectivity index (χ0n) is 8.53. The SMILES string of the molecule is Cc1ccc(N2CC=CCC2)c(N)c1. The van der Waals surface area contributed by atoms with Crippen LogP contribution in [0.3, 0.4) is 0 Å². The zero-order chi connectivity index (χ0) is 9.97. The normalized spacial score (nSPS) is 15.9. The Kier molecular flexibility index (Phi) is 2.44. The fraction of sp³-hybridized carbons (Fsp3) is 0.333. The fourth-order valence-corrected chi connectivity index (χ4v) is 1.82. The first-order valence-electron chi connectivity index (χ1n) is 5.03. The quantitative estimate of drug-likeness (QED) is 0.541. The molecule has 0 spiro atoms. The summed E-state index contributed by atoms with van der Waals surface area (Å²) >= 11 is 0. The van der Waals surface area contributed by atoms with Crippen LogP contribution < -0.4 is 10.6 Å². The smallest absolute Gasteiger partial charge is 0.0603 e. The predicted octanol–water partition coefficient (Wildman–Crippen LogP) is 2.34. The highest BCUT2D eigenvalue weighted by molar-refractivity contribution is 5.68. The third kappa shape index (κ3) is 1.74. The van der Waals surface area contributed by atoms with Crippen LogP contribution in [0.4, 0.5) is 11.4 Å². The molecule has 2 N–H and O–H groups in total. The van der Waals surface area contributed by atoms with Crippen LogP contribution in [0.5, 0.6) is 0 Å². The van der Waals surface area contributed by atoms with Gasteiger partial charge >= 0.3 is 0 Å². The highest BCUT2D eigenvalue weighted by Crippen LogP contribution is 2.25. The lowest BCUT2D eigenvalue weighted by atomic mass is 10.1. The van der Waals surface area contributed by atoms with Crippen LogP contribution in [0.15, 0.2) is 30.4 Å². The summed E-state index contributed by atoms with van der Waals surface area (Å²) in [5.74, 6) is 0. The van der Waals surface area contributed by atoms with E-state index in [1.165, 1.54) is 11.3 Å². The van der Waals surface area contributed by atoms with E-state index >= 15 is 0 Å². The van der Waals surface area contributed by atoms with E-state index in [1.807, 2.05) is 6.07 Å². The summed E-state index contributed by atoms with van der Waals surface area (Å²) in [7, 11) is 0. The van der Waals surface area contributed by atoms with E-state index in [-0.39, 0.29) is 0 Å². The summed E-state index contributed by atoms with van der Waals surface area (Å²) in [5, 5.41) is 0. The van der Waals surface area contributed by atoms with Gasteiger partial charge in [0.15, 0.2) is 0 Å². The van der Waals surface area contributed by atoms with Crippen LogP contribution in [0.1, 0.15) is 12.0 Å². The van der Waals surface area contributed by atoms with Crippen LogP contribution in [0.25, 0.3) is 0 Å². The minimum atomic E-state index is 0.889. The summed E-state index contributed by atoms with van der Waals surface area (Å²) in [4.78, 5) is 2.31. The van der Waals surface area contributed by atoms with Gasteiger partial charge in [-0.1, -0.05) is 18.2 Å². The molecule has 2 rings (SSSR count). The molecule has 2 nitrogen and oxygen atoms in total. The summed E-state index contributed by atoms with van der Waals surface area (Å²) in [6.07, 6.45) is 5.54. The molecule has 1 aliphatic rings. The molecule has 14 heavy (non-hydrogen) atoms. The molecule has 0 atom stereocenters. The van der Waals surface area contributed by atoms with E-state index in [9.17, 15) is 0 Å². The highest BCUT2D eigenvalue weighted by atomic mass is 15.1. The van der Waals surface area contributed by atoms with E-state index in [4.69, 9.17) is 5.73 Å². The number of nitrogen functional groups attached to an aromatic ring is 1. The summed E-state index contributed by atoms with van der Waals surface area (Å²) < 4.78 is 0. The number of benzene rings is 1. The minimum absolute atomic E-state index is 0.889. The van der Waals surface area contributed by atoms with Crippen molar-refractivity contribution < 1.29 is 0 Å². The van der Waals surface area contributed by atoms with E-state index in [0.717, 1.165) is 25.2 Å². The average Bonchev–Trinajstić information content (AvgIpc) is 2.19. The van der Waals surface area contributed by atoms with Gasteiger partial charge in [0.25, 0.3) is 0 Å². The van der Waals surface area contributed by atoms with Gasteiger partial charge < -0.3 is 10.6 Å². The molecular weight excluding hydrogens is 172 g/mol. The van der Waals surface area contributed by atoms with Gasteiger partial charge in [0, 0.05) is 13.1 Å². The van der Waals surface area contributed by atoms with Gasteiger partial charge in [-0.15, -0.1) is 0 Å². The van der Waals surface area contributed by atoms with Crippen molar-refractivity contribution in [3.05, 3.63) is 35.9 Å². The fourth-order valence-electron chi connectivity index (χ4n) is 1.82. The van der Waals surface area contributed by atoms with Crippen LogP contribution in [0.2, 0.25) is 0 Å². The van der Waals surface area contributed by atoms with E-state index in [1.54, 1.807) is 0 Å². The van der Waals surface area contributed by atoms with Gasteiger partial charge in [-0.2, -0.15) is 0 Å².